The summed E-state index contributed by atoms with van der Waals surface area (Å²) >= 11 is 0. The quantitative estimate of drug-likeness (QED) is 0.623. The number of nitrogens with zero attached hydrogens (tertiary/aromatic N) is 1. The van der Waals surface area contributed by atoms with Crippen molar-refractivity contribution in [2.45, 2.75) is 39.7 Å². The van der Waals surface area contributed by atoms with Gasteiger partial charge in [0.1, 0.15) is 0 Å². The summed E-state index contributed by atoms with van der Waals surface area (Å²) in [6.45, 7) is 9.62. The summed E-state index contributed by atoms with van der Waals surface area (Å²) < 4.78 is 10.5. The zero-order valence-corrected chi connectivity index (χ0v) is 16.2. The molecule has 1 aromatic rings. The van der Waals surface area contributed by atoms with E-state index in [4.69, 9.17) is 9.47 Å². The first-order chi connectivity index (χ1) is 12.0. The first-order valence-electron chi connectivity index (χ1n) is 8.96. The van der Waals surface area contributed by atoms with Crippen LogP contribution in [-0.4, -0.2) is 50.7 Å². The lowest BCUT2D eigenvalue weighted by Gasteiger charge is -2.19. The van der Waals surface area contributed by atoms with Crippen LogP contribution in [0.3, 0.4) is 0 Å². The van der Waals surface area contributed by atoms with Crippen LogP contribution < -0.4 is 14.8 Å². The van der Waals surface area contributed by atoms with Gasteiger partial charge in [0.2, 0.25) is 5.91 Å². The Kier molecular flexibility index (Phi) is 9.70. The Hall–Kier alpha value is -2.01. The second-order valence-corrected chi connectivity index (χ2v) is 6.03. The smallest absolute Gasteiger partial charge is 0.244 e. The van der Waals surface area contributed by atoms with Crippen molar-refractivity contribution in [3.63, 3.8) is 0 Å². The number of nitrogens with one attached hydrogen (secondary N) is 1. The molecule has 1 unspecified atom stereocenters. The van der Waals surface area contributed by atoms with Crippen LogP contribution >= 0.6 is 0 Å². The van der Waals surface area contributed by atoms with Gasteiger partial charge in [0.25, 0.3) is 0 Å². The lowest BCUT2D eigenvalue weighted by molar-refractivity contribution is -0.117. The molecule has 1 atom stereocenters. The van der Waals surface area contributed by atoms with E-state index in [1.54, 1.807) is 26.4 Å². The highest BCUT2D eigenvalue weighted by Crippen LogP contribution is 2.27. The standard InChI is InChI=1S/C20H32N2O3/c1-6-22(7-2)14-8-9-16(3)21-20(23)13-11-17-10-12-18(24-4)19(15-17)25-5/h10-13,15-16H,6-9,14H2,1-5H3,(H,21,23)/b13-11+. The molecule has 0 radical (unpaired) electrons. The third-order valence-electron chi connectivity index (χ3n) is 4.23. The van der Waals surface area contributed by atoms with Crippen LogP contribution in [0, 0.1) is 0 Å². The van der Waals surface area contributed by atoms with Crippen molar-refractivity contribution in [1.82, 2.24) is 10.2 Å². The van der Waals surface area contributed by atoms with E-state index >= 15 is 0 Å². The van der Waals surface area contributed by atoms with Gasteiger partial charge in [0, 0.05) is 12.1 Å². The second kappa shape index (κ2) is 11.5. The van der Waals surface area contributed by atoms with Crippen molar-refractivity contribution in [1.29, 1.82) is 0 Å². The highest BCUT2D eigenvalue weighted by atomic mass is 16.5. The maximum absolute atomic E-state index is 12.0. The topological polar surface area (TPSA) is 50.8 Å². The number of benzene rings is 1. The molecular formula is C20H32N2O3. The molecule has 0 aliphatic rings. The van der Waals surface area contributed by atoms with Crippen molar-refractivity contribution in [3.8, 4) is 11.5 Å². The Balaban J connectivity index is 2.46. The molecule has 0 saturated heterocycles. The molecule has 1 aromatic carbocycles. The third-order valence-corrected chi connectivity index (χ3v) is 4.23. The normalized spacial score (nSPS) is 12.4. The van der Waals surface area contributed by atoms with E-state index in [0.717, 1.165) is 38.0 Å². The molecule has 5 heteroatoms. The number of hydrogen-bond donors (Lipinski definition) is 1. The average molecular weight is 348 g/mol. The Morgan fingerprint density at radius 2 is 1.88 bits per heavy atom. The zero-order chi connectivity index (χ0) is 18.7. The van der Waals surface area contributed by atoms with Crippen molar-refractivity contribution in [3.05, 3.63) is 29.8 Å². The first-order valence-corrected chi connectivity index (χ1v) is 8.96. The molecule has 0 aromatic heterocycles. The van der Waals surface area contributed by atoms with Gasteiger partial charge in [-0.25, -0.2) is 0 Å². The molecule has 5 nitrogen and oxygen atoms in total. The second-order valence-electron chi connectivity index (χ2n) is 6.03. The van der Waals surface area contributed by atoms with Gasteiger partial charge in [-0.05, 0) is 63.2 Å². The summed E-state index contributed by atoms with van der Waals surface area (Å²) in [5, 5.41) is 3.01. The summed E-state index contributed by atoms with van der Waals surface area (Å²) in [5.41, 5.74) is 0.891. The van der Waals surface area contributed by atoms with E-state index in [0.29, 0.717) is 11.5 Å². The molecule has 25 heavy (non-hydrogen) atoms. The molecule has 0 heterocycles. The summed E-state index contributed by atoms with van der Waals surface area (Å²) in [6.07, 6.45) is 5.40. The minimum atomic E-state index is -0.0786. The number of ether oxygens (including phenoxy) is 2. The summed E-state index contributed by atoms with van der Waals surface area (Å²) in [7, 11) is 3.19. The number of amides is 1. The van der Waals surface area contributed by atoms with Crippen molar-refractivity contribution >= 4 is 12.0 Å². The lowest BCUT2D eigenvalue weighted by atomic mass is 10.1. The molecule has 0 aliphatic carbocycles. The van der Waals surface area contributed by atoms with Crippen LogP contribution in [0.2, 0.25) is 0 Å². The fourth-order valence-electron chi connectivity index (χ4n) is 2.65. The largest absolute Gasteiger partial charge is 0.493 e. The van der Waals surface area contributed by atoms with E-state index in [1.807, 2.05) is 25.1 Å². The molecule has 0 saturated carbocycles. The Bertz CT molecular complexity index is 554. The van der Waals surface area contributed by atoms with Crippen LogP contribution in [0.1, 0.15) is 39.2 Å². The molecule has 0 fully saturated rings. The monoisotopic (exact) mass is 348 g/mol. The molecular weight excluding hydrogens is 316 g/mol. The third kappa shape index (κ3) is 7.61. The Morgan fingerprint density at radius 3 is 2.48 bits per heavy atom. The highest BCUT2D eigenvalue weighted by Gasteiger charge is 2.07. The van der Waals surface area contributed by atoms with E-state index < -0.39 is 0 Å². The van der Waals surface area contributed by atoms with Gasteiger partial charge in [-0.3, -0.25) is 4.79 Å². The Labute approximate surface area is 152 Å². The summed E-state index contributed by atoms with van der Waals surface area (Å²) in [6, 6.07) is 5.72. The molecule has 140 valence electrons. The Morgan fingerprint density at radius 1 is 1.20 bits per heavy atom. The van der Waals surface area contributed by atoms with Crippen LogP contribution in [-0.2, 0) is 4.79 Å². The minimum absolute atomic E-state index is 0.0786. The van der Waals surface area contributed by atoms with Crippen LogP contribution in [0.4, 0.5) is 0 Å². The number of carbonyl (C=O) groups is 1. The van der Waals surface area contributed by atoms with Gasteiger partial charge in [-0.15, -0.1) is 0 Å². The molecule has 1 N–H and O–H groups in total. The maximum atomic E-state index is 12.0. The van der Waals surface area contributed by atoms with Crippen LogP contribution in [0.25, 0.3) is 6.08 Å². The van der Waals surface area contributed by atoms with Crippen LogP contribution in [0.15, 0.2) is 24.3 Å². The molecule has 1 rings (SSSR count). The van der Waals surface area contributed by atoms with Gasteiger partial charge in [-0.1, -0.05) is 19.9 Å². The predicted octanol–water partition coefficient (Wildman–Crippen LogP) is 3.34. The van der Waals surface area contributed by atoms with Crippen molar-refractivity contribution in [2.75, 3.05) is 33.9 Å². The molecule has 1 amide bonds. The van der Waals surface area contributed by atoms with Gasteiger partial charge in [0.15, 0.2) is 11.5 Å². The SMILES string of the molecule is CCN(CC)CCCC(C)NC(=O)/C=C/c1ccc(OC)c(OC)c1. The van der Waals surface area contributed by atoms with E-state index in [2.05, 4.69) is 24.1 Å². The first kappa shape index (κ1) is 21.0. The van der Waals surface area contributed by atoms with Crippen molar-refractivity contribution in [2.24, 2.45) is 0 Å². The van der Waals surface area contributed by atoms with E-state index in [9.17, 15) is 4.79 Å². The number of rotatable bonds is 11. The van der Waals surface area contributed by atoms with Gasteiger partial charge < -0.3 is 19.7 Å². The fourth-order valence-corrected chi connectivity index (χ4v) is 2.65. The number of carbonyl (C=O) groups excluding carboxylic acids is 1. The maximum Gasteiger partial charge on any atom is 0.244 e. The molecule has 0 spiro atoms. The van der Waals surface area contributed by atoms with Gasteiger partial charge >= 0.3 is 0 Å². The minimum Gasteiger partial charge on any atom is -0.493 e. The highest BCUT2D eigenvalue weighted by molar-refractivity contribution is 5.91. The molecule has 0 bridgehead atoms. The van der Waals surface area contributed by atoms with Crippen LogP contribution in [0.5, 0.6) is 11.5 Å². The van der Waals surface area contributed by atoms with Gasteiger partial charge in [0.05, 0.1) is 14.2 Å². The summed E-state index contributed by atoms with van der Waals surface area (Å²) in [5.74, 6) is 1.24. The molecule has 0 aliphatic heterocycles. The van der Waals surface area contributed by atoms with E-state index in [-0.39, 0.29) is 11.9 Å². The van der Waals surface area contributed by atoms with Gasteiger partial charge in [-0.2, -0.15) is 0 Å². The lowest BCUT2D eigenvalue weighted by Crippen LogP contribution is -2.32. The van der Waals surface area contributed by atoms with E-state index in [1.165, 1.54) is 0 Å². The fraction of sp³-hybridized carbons (Fsp3) is 0.550. The number of methoxy groups -OCH3 is 2. The summed E-state index contributed by atoms with van der Waals surface area (Å²) in [4.78, 5) is 14.4. The van der Waals surface area contributed by atoms with Crippen molar-refractivity contribution < 1.29 is 14.3 Å². The average Bonchev–Trinajstić information content (AvgIpc) is 2.63. The zero-order valence-electron chi connectivity index (χ0n) is 16.2. The predicted molar refractivity (Wildman–Crippen MR) is 103 cm³/mol. The number of hydrogen-bond acceptors (Lipinski definition) is 4.